The molecule has 39 heavy (non-hydrogen) atoms. The monoisotopic (exact) mass is 539 g/mol. The van der Waals surface area contributed by atoms with Gasteiger partial charge in [-0.1, -0.05) is 32.6 Å². The number of rotatable bonds is 8. The van der Waals surface area contributed by atoms with E-state index in [2.05, 4.69) is 17.4 Å². The second-order valence-electron chi connectivity index (χ2n) is 9.60. The largest absolute Gasteiger partial charge is 0.496 e. The summed E-state index contributed by atoms with van der Waals surface area (Å²) in [7, 11) is 1.54. The number of amides is 3. The average Bonchev–Trinajstić information content (AvgIpc) is 3.47. The first-order valence-electron chi connectivity index (χ1n) is 13.6. The molecule has 214 valence electrons. The zero-order valence-corrected chi connectivity index (χ0v) is 24.3. The number of urea groups is 1. The van der Waals surface area contributed by atoms with E-state index in [0.717, 1.165) is 43.5 Å². The Labute approximate surface area is 233 Å². The zero-order valence-electron chi connectivity index (χ0n) is 24.3. The predicted molar refractivity (Wildman–Crippen MR) is 156 cm³/mol. The van der Waals surface area contributed by atoms with Crippen LogP contribution in [-0.2, 0) is 13.0 Å². The number of nitrogens with one attached hydrogen (secondary N) is 3. The molecule has 3 rings (SSSR count). The number of methoxy groups -OCH3 is 1. The summed E-state index contributed by atoms with van der Waals surface area (Å²) in [5.74, 6) is 5.90. The van der Waals surface area contributed by atoms with E-state index in [1.165, 1.54) is 0 Å². The highest BCUT2D eigenvalue weighted by Crippen LogP contribution is 2.29. The lowest BCUT2D eigenvalue weighted by Crippen LogP contribution is -2.50. The summed E-state index contributed by atoms with van der Waals surface area (Å²) >= 11 is 0. The van der Waals surface area contributed by atoms with Crippen molar-refractivity contribution >= 4 is 17.8 Å². The fourth-order valence-electron chi connectivity index (χ4n) is 4.51. The highest BCUT2D eigenvalue weighted by Gasteiger charge is 2.28. The second kappa shape index (κ2) is 15.1. The standard InChI is InChI=1S/C27H39N7O3.C2H6/c1-18(2)34(31-29)25(28)19(3)9-8-10-20(4)30-26(35)23-15-22-17-33(27(36)32-12-6-7-13-32)14-11-21(22)16-24(23)37-5;1-2/h8-10,15-16,18,28,31H,4,6-7,11-14,17,29H2,1-3,5H3,(H,30,35);1-2H3/b10-8-,19-9+,28-25?;. The summed E-state index contributed by atoms with van der Waals surface area (Å²) in [6, 6.07) is 3.79. The Bertz CT molecular complexity index is 1100. The van der Waals surface area contributed by atoms with Crippen LogP contribution >= 0.6 is 0 Å². The number of carbonyl (C=O) groups is 2. The number of carbonyl (C=O) groups excluding carboxylic acids is 2. The van der Waals surface area contributed by atoms with Gasteiger partial charge in [0, 0.05) is 37.9 Å². The van der Waals surface area contributed by atoms with Gasteiger partial charge in [-0.05, 0) is 74.9 Å². The second-order valence-corrected chi connectivity index (χ2v) is 9.60. The number of amidine groups is 1. The molecule has 10 nitrogen and oxygen atoms in total. The molecular weight excluding hydrogens is 494 g/mol. The van der Waals surface area contributed by atoms with Gasteiger partial charge in [-0.15, -0.1) is 0 Å². The lowest BCUT2D eigenvalue weighted by atomic mass is 9.96. The van der Waals surface area contributed by atoms with Crippen molar-refractivity contribution in [3.8, 4) is 5.75 Å². The fourth-order valence-corrected chi connectivity index (χ4v) is 4.51. The number of nitrogens with two attached hydrogens (primary N) is 1. The van der Waals surface area contributed by atoms with E-state index in [1.807, 2.05) is 49.6 Å². The molecule has 0 aromatic heterocycles. The Kier molecular flexibility index (Phi) is 12.2. The van der Waals surface area contributed by atoms with Crippen LogP contribution < -0.4 is 21.4 Å². The third kappa shape index (κ3) is 8.18. The van der Waals surface area contributed by atoms with Gasteiger partial charge in [0.05, 0.1) is 12.7 Å². The molecule has 1 saturated heterocycles. The van der Waals surface area contributed by atoms with E-state index >= 15 is 0 Å². The smallest absolute Gasteiger partial charge is 0.320 e. The van der Waals surface area contributed by atoms with Gasteiger partial charge in [0.2, 0.25) is 0 Å². The molecule has 0 atom stereocenters. The van der Waals surface area contributed by atoms with Crippen molar-refractivity contribution in [2.24, 2.45) is 5.84 Å². The van der Waals surface area contributed by atoms with Gasteiger partial charge in [0.1, 0.15) is 11.6 Å². The Balaban J connectivity index is 0.00000260. The molecule has 1 aromatic carbocycles. The van der Waals surface area contributed by atoms with Crippen LogP contribution in [0.4, 0.5) is 4.79 Å². The molecule has 1 fully saturated rings. The van der Waals surface area contributed by atoms with Crippen molar-refractivity contribution in [3.63, 3.8) is 0 Å². The number of hydrogen-bond donors (Lipinski definition) is 4. The number of hydrogen-bond acceptors (Lipinski definition) is 6. The van der Waals surface area contributed by atoms with Crippen LogP contribution in [0.2, 0.25) is 0 Å². The number of nitrogens with zero attached hydrogens (tertiary/aromatic N) is 3. The highest BCUT2D eigenvalue weighted by atomic mass is 16.5. The van der Waals surface area contributed by atoms with Gasteiger partial charge in [0.15, 0.2) is 0 Å². The van der Waals surface area contributed by atoms with Gasteiger partial charge in [-0.3, -0.25) is 21.1 Å². The number of ether oxygens (including phenoxy) is 1. The summed E-state index contributed by atoms with van der Waals surface area (Å²) in [6.45, 7) is 16.3. The van der Waals surface area contributed by atoms with Crippen LogP contribution in [0.3, 0.4) is 0 Å². The Morgan fingerprint density at radius 2 is 1.82 bits per heavy atom. The maximum atomic E-state index is 13.1. The summed E-state index contributed by atoms with van der Waals surface area (Å²) in [5, 5.41) is 12.6. The Hall–Kier alpha value is -3.63. The molecule has 0 saturated carbocycles. The number of hydrazine groups is 2. The third-order valence-corrected chi connectivity index (χ3v) is 6.61. The van der Waals surface area contributed by atoms with Crippen molar-refractivity contribution in [3.05, 3.63) is 64.9 Å². The predicted octanol–water partition coefficient (Wildman–Crippen LogP) is 4.11. The molecule has 0 bridgehead atoms. The van der Waals surface area contributed by atoms with Gasteiger partial charge in [0.25, 0.3) is 5.91 Å². The van der Waals surface area contributed by atoms with E-state index in [1.54, 1.807) is 37.3 Å². The van der Waals surface area contributed by atoms with E-state index in [0.29, 0.717) is 35.7 Å². The van der Waals surface area contributed by atoms with E-state index in [-0.39, 0.29) is 23.8 Å². The van der Waals surface area contributed by atoms with Crippen LogP contribution in [0.15, 0.2) is 48.2 Å². The van der Waals surface area contributed by atoms with Crippen molar-refractivity contribution in [2.75, 3.05) is 26.7 Å². The first kappa shape index (κ1) is 31.6. The van der Waals surface area contributed by atoms with Gasteiger partial charge in [-0.2, -0.15) is 5.53 Å². The maximum Gasteiger partial charge on any atom is 0.320 e. The van der Waals surface area contributed by atoms with Crippen molar-refractivity contribution in [2.45, 2.75) is 66.5 Å². The number of allylic oxidation sites excluding steroid dienone is 3. The Morgan fingerprint density at radius 3 is 2.41 bits per heavy atom. The van der Waals surface area contributed by atoms with E-state index in [4.69, 9.17) is 16.0 Å². The van der Waals surface area contributed by atoms with Gasteiger partial charge >= 0.3 is 6.03 Å². The fraction of sp³-hybridized carbons (Fsp3) is 0.483. The lowest BCUT2D eigenvalue weighted by molar-refractivity contribution is 0.0964. The number of benzene rings is 1. The summed E-state index contributed by atoms with van der Waals surface area (Å²) in [6.07, 6.45) is 7.94. The summed E-state index contributed by atoms with van der Waals surface area (Å²) < 4.78 is 5.51. The van der Waals surface area contributed by atoms with Crippen molar-refractivity contribution in [1.29, 1.82) is 5.41 Å². The zero-order chi connectivity index (χ0) is 29.1. The van der Waals surface area contributed by atoms with Crippen LogP contribution in [0.1, 0.15) is 68.9 Å². The molecule has 10 heteroatoms. The minimum absolute atomic E-state index is 0.0103. The van der Waals surface area contributed by atoms with Crippen LogP contribution in [0.25, 0.3) is 0 Å². The van der Waals surface area contributed by atoms with E-state index < -0.39 is 0 Å². The summed E-state index contributed by atoms with van der Waals surface area (Å²) in [5.41, 5.74) is 6.02. The number of fused-ring (bicyclic) bond motifs is 1. The van der Waals surface area contributed by atoms with Crippen molar-refractivity contribution in [1.82, 2.24) is 25.7 Å². The third-order valence-electron chi connectivity index (χ3n) is 6.61. The molecule has 2 aliphatic rings. The molecule has 2 heterocycles. The molecule has 0 unspecified atom stereocenters. The quantitative estimate of drug-likeness (QED) is 0.129. The van der Waals surface area contributed by atoms with Gasteiger partial charge < -0.3 is 19.9 Å². The Morgan fingerprint density at radius 1 is 1.15 bits per heavy atom. The molecule has 0 radical (unpaired) electrons. The van der Waals surface area contributed by atoms with Crippen LogP contribution in [-0.4, -0.2) is 65.4 Å². The number of likely N-dealkylation sites (tertiary alicyclic amines) is 1. The SMILES string of the molecule is C=C(/C=C\C=C(/C)C(=N)N(NN)C(C)C)NC(=O)c1cc2c(cc1OC)CCN(C(=O)N1CCCC1)C2.CC. The molecular formula is C29H45N7O3. The minimum Gasteiger partial charge on any atom is -0.496 e. The molecule has 3 amide bonds. The normalized spacial score (nSPS) is 15.0. The van der Waals surface area contributed by atoms with Gasteiger partial charge in [-0.25, -0.2) is 4.79 Å². The first-order valence-corrected chi connectivity index (χ1v) is 13.6. The van der Waals surface area contributed by atoms with E-state index in [9.17, 15) is 9.59 Å². The molecule has 0 aliphatic carbocycles. The minimum atomic E-state index is -0.343. The summed E-state index contributed by atoms with van der Waals surface area (Å²) in [4.78, 5) is 29.7. The molecule has 0 spiro atoms. The molecule has 5 N–H and O–H groups in total. The molecule has 1 aromatic rings. The van der Waals surface area contributed by atoms with Crippen molar-refractivity contribution < 1.29 is 14.3 Å². The highest BCUT2D eigenvalue weighted by molar-refractivity contribution is 5.98. The van der Waals surface area contributed by atoms with Crippen LogP contribution in [0, 0.1) is 5.41 Å². The lowest BCUT2D eigenvalue weighted by Gasteiger charge is -2.32. The molecule has 2 aliphatic heterocycles. The average molecular weight is 540 g/mol. The topological polar surface area (TPSA) is 127 Å². The first-order chi connectivity index (χ1) is 18.7. The van der Waals surface area contributed by atoms with Crippen LogP contribution in [0.5, 0.6) is 5.75 Å². The maximum absolute atomic E-state index is 13.1.